The third kappa shape index (κ3) is 3.12. The Labute approximate surface area is 135 Å². The molecule has 2 fully saturated rings. The summed E-state index contributed by atoms with van der Waals surface area (Å²) < 4.78 is 11.8. The Kier molecular flexibility index (Phi) is 4.06. The molecule has 3 heterocycles. The number of anilines is 1. The van der Waals surface area contributed by atoms with Gasteiger partial charge in [0.1, 0.15) is 0 Å². The lowest BCUT2D eigenvalue weighted by Crippen LogP contribution is -2.49. The van der Waals surface area contributed by atoms with Gasteiger partial charge in [-0.1, -0.05) is 6.07 Å². The van der Waals surface area contributed by atoms with E-state index in [1.807, 2.05) is 24.3 Å². The van der Waals surface area contributed by atoms with Crippen LogP contribution in [0.1, 0.15) is 12.8 Å². The molecule has 1 saturated carbocycles. The summed E-state index contributed by atoms with van der Waals surface area (Å²) in [5.41, 5.74) is 0. The quantitative estimate of drug-likeness (QED) is 0.860. The normalized spacial score (nSPS) is 26.8. The maximum atomic E-state index is 5.97. The Bertz CT molecular complexity index is 625. The van der Waals surface area contributed by atoms with Crippen LogP contribution < -0.4 is 9.64 Å². The molecule has 0 N–H and O–H groups in total. The van der Waals surface area contributed by atoms with Crippen LogP contribution in [0.3, 0.4) is 0 Å². The molecule has 2 aromatic heterocycles. The molecule has 2 aromatic rings. The van der Waals surface area contributed by atoms with Gasteiger partial charge in [0.05, 0.1) is 25.4 Å². The van der Waals surface area contributed by atoms with E-state index < -0.39 is 0 Å². The van der Waals surface area contributed by atoms with Crippen molar-refractivity contribution in [2.24, 2.45) is 5.92 Å². The lowest BCUT2D eigenvalue weighted by Gasteiger charge is -2.37. The van der Waals surface area contributed by atoms with Crippen LogP contribution in [0.25, 0.3) is 0 Å². The molecule has 0 radical (unpaired) electrons. The molecule has 1 saturated heterocycles. The molecule has 0 aromatic carbocycles. The van der Waals surface area contributed by atoms with Gasteiger partial charge in [-0.2, -0.15) is 0 Å². The van der Waals surface area contributed by atoms with E-state index in [2.05, 4.69) is 19.9 Å². The number of pyridine rings is 1. The van der Waals surface area contributed by atoms with E-state index in [-0.39, 0.29) is 6.10 Å². The molecule has 3 atom stereocenters. The van der Waals surface area contributed by atoms with E-state index >= 15 is 0 Å². The predicted molar refractivity (Wildman–Crippen MR) is 85.4 cm³/mol. The summed E-state index contributed by atoms with van der Waals surface area (Å²) in [6.45, 7) is 2.25. The van der Waals surface area contributed by atoms with Gasteiger partial charge in [0, 0.05) is 31.2 Å². The zero-order valence-electron chi connectivity index (χ0n) is 12.9. The van der Waals surface area contributed by atoms with Crippen LogP contribution in [0.15, 0.2) is 42.9 Å². The van der Waals surface area contributed by atoms with Crippen LogP contribution in [0, 0.1) is 5.92 Å². The van der Waals surface area contributed by atoms with E-state index in [1.54, 1.807) is 18.6 Å². The minimum Gasteiger partial charge on any atom is -0.477 e. The monoisotopic (exact) mass is 312 g/mol. The predicted octanol–water partition coefficient (Wildman–Crippen LogP) is 1.93. The van der Waals surface area contributed by atoms with E-state index in [0.717, 1.165) is 31.9 Å². The molecule has 6 nitrogen and oxygen atoms in total. The summed E-state index contributed by atoms with van der Waals surface area (Å²) in [5.74, 6) is 1.96. The van der Waals surface area contributed by atoms with Crippen molar-refractivity contribution in [2.75, 3.05) is 24.7 Å². The fraction of sp³-hybridized carbons (Fsp3) is 0.471. The molecule has 23 heavy (non-hydrogen) atoms. The molecule has 0 amide bonds. The fourth-order valence-corrected chi connectivity index (χ4v) is 3.51. The number of hydrogen-bond acceptors (Lipinski definition) is 6. The Morgan fingerprint density at radius 3 is 2.78 bits per heavy atom. The van der Waals surface area contributed by atoms with Crippen molar-refractivity contribution < 1.29 is 9.47 Å². The molecule has 1 aliphatic heterocycles. The van der Waals surface area contributed by atoms with Crippen molar-refractivity contribution in [3.63, 3.8) is 0 Å². The highest BCUT2D eigenvalue weighted by Crippen LogP contribution is 2.35. The van der Waals surface area contributed by atoms with Gasteiger partial charge in [0.25, 0.3) is 0 Å². The smallest absolute Gasteiger partial charge is 0.225 e. The summed E-state index contributed by atoms with van der Waals surface area (Å²) in [5, 5.41) is 0. The number of morpholine rings is 1. The lowest BCUT2D eigenvalue weighted by molar-refractivity contribution is 0.0227. The van der Waals surface area contributed by atoms with Crippen molar-refractivity contribution >= 4 is 5.95 Å². The maximum absolute atomic E-state index is 5.97. The Morgan fingerprint density at radius 1 is 1.09 bits per heavy atom. The van der Waals surface area contributed by atoms with E-state index in [1.165, 1.54) is 0 Å². The SMILES string of the molecule is c1ccc(OCC2CC3OCCN(c4ncccn4)C3C2)nc1. The topological polar surface area (TPSA) is 60.4 Å². The van der Waals surface area contributed by atoms with Crippen molar-refractivity contribution in [3.8, 4) is 5.88 Å². The molecular formula is C17H20N4O2. The third-order valence-electron chi connectivity index (χ3n) is 4.55. The third-order valence-corrected chi connectivity index (χ3v) is 4.55. The summed E-state index contributed by atoms with van der Waals surface area (Å²) >= 11 is 0. The fourth-order valence-electron chi connectivity index (χ4n) is 3.51. The summed E-state index contributed by atoms with van der Waals surface area (Å²) in [6, 6.07) is 7.91. The van der Waals surface area contributed by atoms with E-state index in [0.29, 0.717) is 24.4 Å². The Morgan fingerprint density at radius 2 is 1.96 bits per heavy atom. The average Bonchev–Trinajstić information content (AvgIpc) is 3.04. The molecule has 6 heteroatoms. The Balaban J connectivity index is 1.41. The van der Waals surface area contributed by atoms with Crippen LogP contribution in [-0.2, 0) is 4.74 Å². The molecular weight excluding hydrogens is 292 g/mol. The second-order valence-electron chi connectivity index (χ2n) is 6.04. The van der Waals surface area contributed by atoms with Crippen LogP contribution >= 0.6 is 0 Å². The summed E-state index contributed by atoms with van der Waals surface area (Å²) in [6.07, 6.45) is 7.63. The highest BCUT2D eigenvalue weighted by atomic mass is 16.5. The van der Waals surface area contributed by atoms with Gasteiger partial charge in [-0.05, 0) is 30.9 Å². The molecule has 4 rings (SSSR count). The van der Waals surface area contributed by atoms with Crippen LogP contribution in [0.2, 0.25) is 0 Å². The molecule has 120 valence electrons. The number of fused-ring (bicyclic) bond motifs is 1. The van der Waals surface area contributed by atoms with Gasteiger partial charge >= 0.3 is 0 Å². The lowest BCUT2D eigenvalue weighted by atomic mass is 10.1. The van der Waals surface area contributed by atoms with Gasteiger partial charge in [-0.15, -0.1) is 0 Å². The first-order valence-corrected chi connectivity index (χ1v) is 8.09. The van der Waals surface area contributed by atoms with Gasteiger partial charge < -0.3 is 14.4 Å². The first kappa shape index (κ1) is 14.4. The molecule has 0 bridgehead atoms. The molecule has 3 unspecified atom stereocenters. The van der Waals surface area contributed by atoms with Gasteiger partial charge in [0.2, 0.25) is 11.8 Å². The number of ether oxygens (including phenoxy) is 2. The zero-order chi connectivity index (χ0) is 15.5. The summed E-state index contributed by atoms with van der Waals surface area (Å²) in [4.78, 5) is 15.3. The zero-order valence-corrected chi connectivity index (χ0v) is 12.9. The minimum atomic E-state index is 0.241. The number of rotatable bonds is 4. The maximum Gasteiger partial charge on any atom is 0.225 e. The largest absolute Gasteiger partial charge is 0.477 e. The molecule has 2 aliphatic rings. The number of aromatic nitrogens is 3. The number of hydrogen-bond donors (Lipinski definition) is 0. The molecule has 0 spiro atoms. The highest BCUT2D eigenvalue weighted by Gasteiger charge is 2.42. The number of nitrogens with zero attached hydrogens (tertiary/aromatic N) is 4. The van der Waals surface area contributed by atoms with Gasteiger partial charge in [-0.25, -0.2) is 15.0 Å². The Hall–Kier alpha value is -2.21. The average molecular weight is 312 g/mol. The van der Waals surface area contributed by atoms with E-state index in [4.69, 9.17) is 9.47 Å². The van der Waals surface area contributed by atoms with Crippen LogP contribution in [0.5, 0.6) is 5.88 Å². The minimum absolute atomic E-state index is 0.241. The van der Waals surface area contributed by atoms with Gasteiger partial charge in [0.15, 0.2) is 0 Å². The van der Waals surface area contributed by atoms with Crippen molar-refractivity contribution in [1.82, 2.24) is 15.0 Å². The second kappa shape index (κ2) is 6.50. The van der Waals surface area contributed by atoms with Crippen molar-refractivity contribution in [1.29, 1.82) is 0 Å². The standard InChI is InChI=1S/C17H20N4O2/c1-2-5-18-16(4-1)23-12-13-10-14-15(11-13)22-9-8-21(14)17-19-6-3-7-20-17/h1-7,13-15H,8-12H2. The van der Waals surface area contributed by atoms with Crippen molar-refractivity contribution in [3.05, 3.63) is 42.9 Å². The van der Waals surface area contributed by atoms with Crippen molar-refractivity contribution in [2.45, 2.75) is 25.0 Å². The van der Waals surface area contributed by atoms with Gasteiger partial charge in [-0.3, -0.25) is 0 Å². The van der Waals surface area contributed by atoms with E-state index in [9.17, 15) is 0 Å². The van der Waals surface area contributed by atoms with Crippen LogP contribution in [-0.4, -0.2) is 46.9 Å². The first-order chi connectivity index (χ1) is 11.4. The highest BCUT2D eigenvalue weighted by molar-refractivity contribution is 5.33. The second-order valence-corrected chi connectivity index (χ2v) is 6.04. The van der Waals surface area contributed by atoms with Crippen LogP contribution in [0.4, 0.5) is 5.95 Å². The first-order valence-electron chi connectivity index (χ1n) is 8.09. The molecule has 1 aliphatic carbocycles. The summed E-state index contributed by atoms with van der Waals surface area (Å²) in [7, 11) is 0.